The quantitative estimate of drug-likeness (QED) is 0.433. The van der Waals surface area contributed by atoms with Crippen molar-refractivity contribution >= 4 is 5.91 Å². The molecule has 0 radical (unpaired) electrons. The summed E-state index contributed by atoms with van der Waals surface area (Å²) in [5, 5.41) is 0. The van der Waals surface area contributed by atoms with Crippen molar-refractivity contribution in [1.82, 2.24) is 15.3 Å². The Balaban J connectivity index is 2.72. The van der Waals surface area contributed by atoms with Crippen molar-refractivity contribution in [3.63, 3.8) is 0 Å². The molecule has 5 nitrogen and oxygen atoms in total. The Morgan fingerprint density at radius 3 is 2.60 bits per heavy atom. The number of amides is 1. The van der Waals surface area contributed by atoms with Crippen molar-refractivity contribution in [3.05, 3.63) is 29.6 Å². The normalized spacial score (nSPS) is 11.1. The minimum Gasteiger partial charge on any atom is -0.298 e. The maximum absolute atomic E-state index is 11.5. The van der Waals surface area contributed by atoms with Gasteiger partial charge in [0.15, 0.2) is 0 Å². The van der Waals surface area contributed by atoms with E-state index in [9.17, 15) is 4.79 Å². The number of nitrogens with one attached hydrogen (secondary N) is 1. The molecule has 0 aromatic carbocycles. The highest BCUT2D eigenvalue weighted by Crippen LogP contribution is 2.12. The first-order chi connectivity index (χ1) is 9.64. The highest BCUT2D eigenvalue weighted by molar-refractivity contribution is 5.91. The second-order valence-electron chi connectivity index (χ2n) is 5.00. The van der Waals surface area contributed by atoms with Gasteiger partial charge >= 0.3 is 0 Å². The second-order valence-corrected chi connectivity index (χ2v) is 5.00. The van der Waals surface area contributed by atoms with Crippen molar-refractivity contribution in [2.45, 2.75) is 40.2 Å². The molecule has 0 unspecified atom stereocenters. The lowest BCUT2D eigenvalue weighted by molar-refractivity contribution is 0.0948. The van der Waals surface area contributed by atoms with Crippen molar-refractivity contribution in [1.29, 1.82) is 0 Å². The minimum absolute atomic E-state index is 0.352. The van der Waals surface area contributed by atoms with Crippen LogP contribution in [0, 0.1) is 5.92 Å². The highest BCUT2D eigenvalue weighted by Gasteiger charge is 2.12. The van der Waals surface area contributed by atoms with E-state index < -0.39 is 0 Å². The van der Waals surface area contributed by atoms with E-state index in [0.29, 0.717) is 11.6 Å². The minimum atomic E-state index is -0.352. The molecule has 3 N–H and O–H groups in total. The summed E-state index contributed by atoms with van der Waals surface area (Å²) in [6.45, 7) is 9.42. The Bertz CT molecular complexity index is 418. The molecule has 0 fully saturated rings. The number of hydrogen-bond acceptors (Lipinski definition) is 4. The Morgan fingerprint density at radius 2 is 2.05 bits per heavy atom. The average molecular weight is 278 g/mol. The van der Waals surface area contributed by atoms with Gasteiger partial charge in [0.1, 0.15) is 5.69 Å². The van der Waals surface area contributed by atoms with Crippen LogP contribution in [-0.4, -0.2) is 28.9 Å². The van der Waals surface area contributed by atoms with Gasteiger partial charge in [-0.2, -0.15) is 0 Å². The number of nitrogen functional groups attached to an aromatic ring is 1. The van der Waals surface area contributed by atoms with E-state index >= 15 is 0 Å². The lowest BCUT2D eigenvalue weighted by atomic mass is 10.0. The molecule has 1 aromatic heterocycles. The number of pyridine rings is 1. The number of hydrogen-bond donors (Lipinski definition) is 2. The first-order valence-electron chi connectivity index (χ1n) is 7.33. The molecule has 1 heterocycles. The van der Waals surface area contributed by atoms with Crippen molar-refractivity contribution in [2.24, 2.45) is 11.8 Å². The molecule has 112 valence electrons. The predicted octanol–water partition coefficient (Wildman–Crippen LogP) is 1.94. The summed E-state index contributed by atoms with van der Waals surface area (Å²) in [4.78, 5) is 18.2. The topological polar surface area (TPSA) is 71.2 Å². The van der Waals surface area contributed by atoms with E-state index in [2.05, 4.69) is 36.1 Å². The average Bonchev–Trinajstić information content (AvgIpc) is 2.50. The molecule has 0 saturated heterocycles. The van der Waals surface area contributed by atoms with Crippen LogP contribution in [0.25, 0.3) is 0 Å². The summed E-state index contributed by atoms with van der Waals surface area (Å²) in [6, 6.07) is 5.46. The molecule has 0 aliphatic heterocycles. The van der Waals surface area contributed by atoms with Gasteiger partial charge in [0, 0.05) is 13.1 Å². The zero-order valence-corrected chi connectivity index (χ0v) is 12.7. The first kappa shape index (κ1) is 16.6. The molecule has 1 aromatic rings. The molecule has 0 aliphatic carbocycles. The van der Waals surface area contributed by atoms with Gasteiger partial charge in [-0.05, 0) is 24.6 Å². The summed E-state index contributed by atoms with van der Waals surface area (Å²) in [5.74, 6) is 5.49. The van der Waals surface area contributed by atoms with E-state index in [-0.39, 0.29) is 5.91 Å². The van der Waals surface area contributed by atoms with Crippen LogP contribution in [0.3, 0.4) is 0 Å². The molecule has 0 atom stereocenters. The fraction of sp³-hybridized carbons (Fsp3) is 0.600. The summed E-state index contributed by atoms with van der Waals surface area (Å²) >= 11 is 0. The first-order valence-corrected chi connectivity index (χ1v) is 7.33. The van der Waals surface area contributed by atoms with E-state index in [0.717, 1.165) is 25.3 Å². The maximum Gasteiger partial charge on any atom is 0.283 e. The van der Waals surface area contributed by atoms with E-state index in [1.54, 1.807) is 6.07 Å². The summed E-state index contributed by atoms with van der Waals surface area (Å²) in [6.07, 6.45) is 2.38. The van der Waals surface area contributed by atoms with Crippen molar-refractivity contribution in [3.8, 4) is 0 Å². The largest absolute Gasteiger partial charge is 0.298 e. The van der Waals surface area contributed by atoms with Gasteiger partial charge in [0.25, 0.3) is 5.91 Å². The third-order valence-corrected chi connectivity index (χ3v) is 3.67. The number of rotatable bonds is 8. The molecule has 20 heavy (non-hydrogen) atoms. The number of carbonyl (C=O) groups is 1. The fourth-order valence-corrected chi connectivity index (χ4v) is 2.21. The van der Waals surface area contributed by atoms with Gasteiger partial charge in [-0.15, -0.1) is 0 Å². The number of carbonyl (C=O) groups excluding carboxylic acids is 1. The third-order valence-electron chi connectivity index (χ3n) is 3.67. The summed E-state index contributed by atoms with van der Waals surface area (Å²) in [7, 11) is 0. The molecular weight excluding hydrogens is 252 g/mol. The summed E-state index contributed by atoms with van der Waals surface area (Å²) < 4.78 is 0. The Labute approximate surface area is 121 Å². The van der Waals surface area contributed by atoms with Gasteiger partial charge in [0.2, 0.25) is 0 Å². The van der Waals surface area contributed by atoms with Crippen LogP contribution in [0.4, 0.5) is 0 Å². The second kappa shape index (κ2) is 8.66. The smallest absolute Gasteiger partial charge is 0.283 e. The zero-order chi connectivity index (χ0) is 15.0. The maximum atomic E-state index is 11.5. The number of aromatic nitrogens is 1. The van der Waals surface area contributed by atoms with Gasteiger partial charge in [-0.1, -0.05) is 39.7 Å². The van der Waals surface area contributed by atoms with Crippen molar-refractivity contribution in [2.75, 3.05) is 13.1 Å². The fourth-order valence-electron chi connectivity index (χ4n) is 2.21. The Hall–Kier alpha value is -1.46. The molecule has 0 aliphatic rings. The van der Waals surface area contributed by atoms with Gasteiger partial charge in [-0.25, -0.2) is 10.8 Å². The van der Waals surface area contributed by atoms with Crippen LogP contribution in [0.5, 0.6) is 0 Å². The van der Waals surface area contributed by atoms with E-state index in [4.69, 9.17) is 5.84 Å². The molecule has 0 saturated carbocycles. The monoisotopic (exact) mass is 278 g/mol. The summed E-state index contributed by atoms with van der Waals surface area (Å²) in [5.41, 5.74) is 3.38. The number of nitrogens with two attached hydrogens (primary N) is 1. The van der Waals surface area contributed by atoms with Crippen LogP contribution in [-0.2, 0) is 6.54 Å². The predicted molar refractivity (Wildman–Crippen MR) is 80.9 cm³/mol. The SMILES string of the molecule is CCC(CC)CN(CC)Cc1cccc(C(=O)NN)n1. The number of hydrazine groups is 1. The van der Waals surface area contributed by atoms with E-state index in [1.807, 2.05) is 12.1 Å². The molecule has 5 heteroatoms. The lowest BCUT2D eigenvalue weighted by Gasteiger charge is -2.24. The van der Waals surface area contributed by atoms with Crippen LogP contribution in [0.2, 0.25) is 0 Å². The Kier molecular flexibility index (Phi) is 7.18. The molecule has 1 rings (SSSR count). The zero-order valence-electron chi connectivity index (χ0n) is 12.7. The van der Waals surface area contributed by atoms with Gasteiger partial charge in [-0.3, -0.25) is 15.1 Å². The van der Waals surface area contributed by atoms with Crippen LogP contribution in [0.15, 0.2) is 18.2 Å². The van der Waals surface area contributed by atoms with Gasteiger partial charge < -0.3 is 0 Å². The van der Waals surface area contributed by atoms with Crippen molar-refractivity contribution < 1.29 is 4.79 Å². The molecular formula is C15H26N4O. The Morgan fingerprint density at radius 1 is 1.35 bits per heavy atom. The standard InChI is InChI=1S/C15H26N4O/c1-4-12(5-2)10-19(6-3)11-13-8-7-9-14(17-13)15(20)18-16/h7-9,12H,4-6,10-11,16H2,1-3H3,(H,18,20). The van der Waals surface area contributed by atoms with Crippen LogP contribution >= 0.6 is 0 Å². The molecule has 1 amide bonds. The molecule has 0 bridgehead atoms. The van der Waals surface area contributed by atoms with Crippen LogP contribution < -0.4 is 11.3 Å². The third kappa shape index (κ3) is 4.90. The molecule has 0 spiro atoms. The lowest BCUT2D eigenvalue weighted by Crippen LogP contribution is -2.32. The number of nitrogens with zero attached hydrogens (tertiary/aromatic N) is 2. The van der Waals surface area contributed by atoms with Gasteiger partial charge in [0.05, 0.1) is 5.69 Å². The van der Waals surface area contributed by atoms with Crippen LogP contribution in [0.1, 0.15) is 49.8 Å². The van der Waals surface area contributed by atoms with E-state index in [1.165, 1.54) is 12.8 Å². The highest BCUT2D eigenvalue weighted by atomic mass is 16.2.